The Labute approximate surface area is 291 Å². The molecule has 19 nitrogen and oxygen atoms in total. The van der Waals surface area contributed by atoms with E-state index < -0.39 is 71.9 Å². The summed E-state index contributed by atoms with van der Waals surface area (Å²) < 4.78 is 0. The van der Waals surface area contributed by atoms with Gasteiger partial charge in [-0.1, -0.05) is 58.0 Å². The fourth-order valence-corrected chi connectivity index (χ4v) is 3.02. The van der Waals surface area contributed by atoms with Crippen LogP contribution in [0.1, 0.15) is 71.8 Å². The molecule has 50 heavy (non-hydrogen) atoms. The van der Waals surface area contributed by atoms with Crippen LogP contribution in [0.5, 0.6) is 0 Å². The summed E-state index contributed by atoms with van der Waals surface area (Å²) in [7, 11) is 0. The third-order valence-electron chi connectivity index (χ3n) is 5.74. The van der Waals surface area contributed by atoms with Crippen LogP contribution in [0.2, 0.25) is 0 Å². The average molecular weight is 720 g/mol. The van der Waals surface area contributed by atoms with E-state index in [-0.39, 0.29) is 25.7 Å². The van der Waals surface area contributed by atoms with Crippen molar-refractivity contribution in [1.82, 2.24) is 0 Å². The Morgan fingerprint density at radius 2 is 0.780 bits per heavy atom. The van der Waals surface area contributed by atoms with Crippen molar-refractivity contribution in [1.29, 1.82) is 0 Å². The summed E-state index contributed by atoms with van der Waals surface area (Å²) in [4.78, 5) is 70.9. The summed E-state index contributed by atoms with van der Waals surface area (Å²) in [5, 5.41) is 41.6. The van der Waals surface area contributed by atoms with Gasteiger partial charge < -0.3 is 65.7 Å². The third-order valence-corrected chi connectivity index (χ3v) is 5.74. The quantitative estimate of drug-likeness (QED) is 0.0904. The molecule has 0 aliphatic carbocycles. The van der Waals surface area contributed by atoms with Gasteiger partial charge >= 0.3 is 29.8 Å². The van der Waals surface area contributed by atoms with Crippen LogP contribution in [0.15, 0.2) is 30.3 Å². The summed E-state index contributed by atoms with van der Waals surface area (Å²) in [6, 6.07) is 5.21. The lowest BCUT2D eigenvalue weighted by Crippen LogP contribution is -2.32. The molecule has 288 valence electrons. The van der Waals surface area contributed by atoms with E-state index in [2.05, 4.69) is 0 Å². The molecule has 0 spiro atoms. The molecular formula is C31H57N7O12. The smallest absolute Gasteiger partial charge is 0.320 e. The summed E-state index contributed by atoms with van der Waals surface area (Å²) in [6.07, 6.45) is 1.73. The molecule has 0 aliphatic rings. The Kier molecular flexibility index (Phi) is 31.7. The van der Waals surface area contributed by atoms with E-state index in [9.17, 15) is 33.6 Å². The Bertz CT molecular complexity index is 1090. The predicted molar refractivity (Wildman–Crippen MR) is 184 cm³/mol. The van der Waals surface area contributed by atoms with Gasteiger partial charge in [0.1, 0.15) is 30.2 Å². The van der Waals surface area contributed by atoms with Gasteiger partial charge in [-0.15, -0.1) is 0 Å². The number of rotatable bonds is 17. The molecule has 1 aromatic rings. The van der Waals surface area contributed by atoms with Gasteiger partial charge in [0.15, 0.2) is 0 Å². The Morgan fingerprint density at radius 3 is 0.980 bits per heavy atom. The lowest BCUT2D eigenvalue weighted by atomic mass is 10.1. The largest absolute Gasteiger partial charge is 0.480 e. The number of amides is 2. The number of aliphatic carboxylic acids is 5. The molecule has 0 heterocycles. The molecule has 19 heteroatoms. The maximum Gasteiger partial charge on any atom is 0.320 e. The number of benzene rings is 1. The van der Waals surface area contributed by atoms with Crippen LogP contribution in [0, 0.1) is 11.8 Å². The molecule has 0 aromatic heterocycles. The van der Waals surface area contributed by atoms with Gasteiger partial charge in [-0.25, -0.2) is 0 Å². The highest BCUT2D eigenvalue weighted by atomic mass is 16.4. The minimum absolute atomic E-state index is 0.0213. The molecule has 0 radical (unpaired) electrons. The van der Waals surface area contributed by atoms with Crippen molar-refractivity contribution in [2.45, 2.75) is 103 Å². The molecule has 5 atom stereocenters. The van der Waals surface area contributed by atoms with Gasteiger partial charge in [-0.3, -0.25) is 33.6 Å². The van der Waals surface area contributed by atoms with Crippen LogP contribution in [0.4, 0.5) is 0 Å². The number of nitrogens with two attached hydrogens (primary N) is 7. The lowest BCUT2D eigenvalue weighted by Gasteiger charge is -2.07. The SMILES string of the molecule is CC(C)C[C@H](N)C(=O)O.CC(C)C[C@H](N)C(=O)O.NC(=O)CC[C@H](N)C(=O)O.NC(=O)CC[C@H](N)C(=O)O.N[C@@H](Cc1ccccc1)C(=O)O. The number of carboxylic acid groups (broad SMARTS) is 5. The minimum Gasteiger partial charge on any atom is -0.480 e. The summed E-state index contributed by atoms with van der Waals surface area (Å²) in [6.45, 7) is 7.79. The van der Waals surface area contributed by atoms with Gasteiger partial charge in [-0.2, -0.15) is 0 Å². The molecule has 2 amide bonds. The zero-order valence-electron chi connectivity index (χ0n) is 29.0. The van der Waals surface area contributed by atoms with Gasteiger partial charge in [0, 0.05) is 12.8 Å². The van der Waals surface area contributed by atoms with Crippen LogP contribution < -0.4 is 40.1 Å². The molecular weight excluding hydrogens is 662 g/mol. The van der Waals surface area contributed by atoms with E-state index in [0.29, 0.717) is 31.1 Å². The predicted octanol–water partition coefficient (Wildman–Crippen LogP) is -1.14. The Hall–Kier alpha value is -4.69. The van der Waals surface area contributed by atoms with E-state index in [1.165, 1.54) is 0 Å². The number of hydrogen-bond donors (Lipinski definition) is 12. The Morgan fingerprint density at radius 1 is 0.500 bits per heavy atom. The molecule has 0 fully saturated rings. The van der Waals surface area contributed by atoms with E-state index in [1.54, 1.807) is 0 Å². The zero-order valence-corrected chi connectivity index (χ0v) is 29.0. The highest BCUT2D eigenvalue weighted by molar-refractivity contribution is 5.77. The first-order chi connectivity index (χ1) is 22.8. The highest BCUT2D eigenvalue weighted by Gasteiger charge is 2.14. The van der Waals surface area contributed by atoms with Crippen molar-refractivity contribution in [3.8, 4) is 0 Å². The molecule has 0 saturated carbocycles. The normalized spacial score (nSPS) is 12.9. The van der Waals surface area contributed by atoms with Crippen molar-refractivity contribution < 1.29 is 59.1 Å². The molecule has 19 N–H and O–H groups in total. The summed E-state index contributed by atoms with van der Waals surface area (Å²) >= 11 is 0. The van der Waals surface area contributed by atoms with Crippen molar-refractivity contribution in [2.75, 3.05) is 0 Å². The lowest BCUT2D eigenvalue weighted by molar-refractivity contribution is -0.139. The second kappa shape index (κ2) is 30.4. The van der Waals surface area contributed by atoms with Crippen LogP contribution in [-0.2, 0) is 40.0 Å². The molecule has 0 bridgehead atoms. The molecule has 1 rings (SSSR count). The topological polar surface area (TPSA) is 403 Å². The summed E-state index contributed by atoms with van der Waals surface area (Å²) in [5.74, 6) is -5.35. The second-order valence-corrected chi connectivity index (χ2v) is 11.7. The van der Waals surface area contributed by atoms with Gasteiger partial charge in [0.2, 0.25) is 11.8 Å². The van der Waals surface area contributed by atoms with E-state index in [1.807, 2.05) is 58.0 Å². The van der Waals surface area contributed by atoms with Crippen LogP contribution >= 0.6 is 0 Å². The van der Waals surface area contributed by atoms with E-state index >= 15 is 0 Å². The number of primary amides is 2. The zero-order chi connectivity index (χ0) is 40.1. The fourth-order valence-electron chi connectivity index (χ4n) is 3.02. The van der Waals surface area contributed by atoms with Crippen molar-refractivity contribution in [3.05, 3.63) is 35.9 Å². The standard InChI is InChI=1S/C9H11NO2.2C6H13NO2.2C5H10N2O3/c10-8(9(11)12)6-7-4-2-1-3-5-7;2*1-4(2)3-5(7)6(8)9;2*6-3(5(9)10)1-2-4(7)8/h1-5,8H,6,10H2,(H,11,12);2*4-5H,3,7H2,1-2H3,(H,8,9);2*3H,1-2,6H2,(H2,7,8)(H,9,10)/t8-;2*5-;2*3-/m00000/s1. The van der Waals surface area contributed by atoms with Gasteiger partial charge in [-0.05, 0) is 49.5 Å². The van der Waals surface area contributed by atoms with E-state index in [4.69, 9.17) is 65.7 Å². The number of carboxylic acids is 5. The number of hydrogen-bond acceptors (Lipinski definition) is 12. The van der Waals surface area contributed by atoms with Gasteiger partial charge in [0.25, 0.3) is 0 Å². The van der Waals surface area contributed by atoms with Crippen molar-refractivity contribution >= 4 is 41.7 Å². The first kappa shape index (κ1) is 52.1. The van der Waals surface area contributed by atoms with Gasteiger partial charge in [0.05, 0.1) is 0 Å². The van der Waals surface area contributed by atoms with Crippen LogP contribution in [0.3, 0.4) is 0 Å². The number of carbonyl (C=O) groups excluding carboxylic acids is 2. The second-order valence-electron chi connectivity index (χ2n) is 11.7. The minimum atomic E-state index is -1.11. The molecule has 0 unspecified atom stereocenters. The van der Waals surface area contributed by atoms with Crippen molar-refractivity contribution in [3.63, 3.8) is 0 Å². The van der Waals surface area contributed by atoms with E-state index in [0.717, 1.165) is 5.56 Å². The maximum absolute atomic E-state index is 10.4. The monoisotopic (exact) mass is 719 g/mol. The molecule has 0 aliphatic heterocycles. The fraction of sp³-hybridized carbons (Fsp3) is 0.581. The summed E-state index contributed by atoms with van der Waals surface area (Å²) in [5.41, 5.74) is 36.4. The van der Waals surface area contributed by atoms with Crippen molar-refractivity contribution in [2.24, 2.45) is 52.0 Å². The maximum atomic E-state index is 10.4. The molecule has 0 saturated heterocycles. The molecule has 1 aromatic carbocycles. The first-order valence-corrected chi connectivity index (χ1v) is 15.4. The van der Waals surface area contributed by atoms with Crippen LogP contribution in [0.25, 0.3) is 0 Å². The third kappa shape index (κ3) is 37.8. The average Bonchev–Trinajstić information content (AvgIpc) is 2.99. The Balaban J connectivity index is -0.000000266. The highest BCUT2D eigenvalue weighted by Crippen LogP contribution is 2.03. The van der Waals surface area contributed by atoms with Crippen LogP contribution in [-0.4, -0.2) is 97.4 Å². The first-order valence-electron chi connectivity index (χ1n) is 15.4. The number of carbonyl (C=O) groups is 7.